The normalized spacial score (nSPS) is 22.7. The molecule has 2 fully saturated rings. The van der Waals surface area contributed by atoms with Crippen molar-refractivity contribution in [3.8, 4) is 0 Å². The number of hydrogen-bond acceptors (Lipinski definition) is 5. The summed E-state index contributed by atoms with van der Waals surface area (Å²) in [5, 5.41) is 0.588. The van der Waals surface area contributed by atoms with E-state index in [1.807, 2.05) is 0 Å². The summed E-state index contributed by atoms with van der Waals surface area (Å²) in [5.74, 6) is 0.788. The van der Waals surface area contributed by atoms with E-state index in [0.29, 0.717) is 11.1 Å². The van der Waals surface area contributed by atoms with Gasteiger partial charge < -0.3 is 9.64 Å². The summed E-state index contributed by atoms with van der Waals surface area (Å²) in [6.45, 7) is 5.95. The molecule has 0 radical (unpaired) electrons. The molecule has 3 heterocycles. The first-order chi connectivity index (χ1) is 9.33. The second-order valence-electron chi connectivity index (χ2n) is 5.07. The van der Waals surface area contributed by atoms with E-state index in [-0.39, 0.29) is 0 Å². The minimum absolute atomic E-state index is 0.588. The zero-order valence-electron chi connectivity index (χ0n) is 11.0. The average Bonchev–Trinajstić information content (AvgIpc) is 2.49. The molecule has 0 unspecified atom stereocenters. The molecule has 0 aromatic carbocycles. The number of rotatable bonds is 2. The first kappa shape index (κ1) is 13.1. The van der Waals surface area contributed by atoms with E-state index >= 15 is 0 Å². The van der Waals surface area contributed by atoms with Gasteiger partial charge in [0.1, 0.15) is 0 Å². The number of anilines is 1. The Bertz CT molecular complexity index is 400. The lowest BCUT2D eigenvalue weighted by Gasteiger charge is -2.40. The minimum Gasteiger partial charge on any atom is -0.381 e. The molecule has 2 saturated heterocycles. The Morgan fingerprint density at radius 1 is 1.05 bits per heavy atom. The zero-order chi connectivity index (χ0) is 13.1. The Labute approximate surface area is 118 Å². The predicted octanol–water partition coefficient (Wildman–Crippen LogP) is 1.43. The highest BCUT2D eigenvalue weighted by molar-refractivity contribution is 6.30. The van der Waals surface area contributed by atoms with Crippen molar-refractivity contribution in [2.45, 2.75) is 18.9 Å². The maximum absolute atomic E-state index is 5.81. The monoisotopic (exact) mass is 282 g/mol. The quantitative estimate of drug-likeness (QED) is 0.821. The van der Waals surface area contributed by atoms with E-state index in [4.69, 9.17) is 16.3 Å². The Hall–Kier alpha value is -0.910. The van der Waals surface area contributed by atoms with Crippen molar-refractivity contribution in [2.24, 2.45) is 0 Å². The average molecular weight is 283 g/mol. The summed E-state index contributed by atoms with van der Waals surface area (Å²) in [6.07, 6.45) is 5.65. The molecule has 0 N–H and O–H groups in total. The zero-order valence-corrected chi connectivity index (χ0v) is 11.7. The lowest BCUT2D eigenvalue weighted by Crippen LogP contribution is -2.52. The second-order valence-corrected chi connectivity index (χ2v) is 5.50. The van der Waals surface area contributed by atoms with Crippen molar-refractivity contribution < 1.29 is 4.74 Å². The number of halogens is 1. The Balaban J connectivity index is 1.55. The smallest absolute Gasteiger partial charge is 0.225 e. The topological polar surface area (TPSA) is 41.5 Å². The SMILES string of the molecule is Clc1cnc(N2CCN(C3CCOCC3)CC2)nc1. The maximum Gasteiger partial charge on any atom is 0.225 e. The highest BCUT2D eigenvalue weighted by Gasteiger charge is 2.26. The summed E-state index contributed by atoms with van der Waals surface area (Å²) in [4.78, 5) is 13.4. The standard InChI is InChI=1S/C13H19ClN4O/c14-11-9-15-13(16-10-11)18-5-3-17(4-6-18)12-1-7-19-8-2-12/h9-10,12H,1-8H2. The molecule has 2 aliphatic rings. The van der Waals surface area contributed by atoms with Gasteiger partial charge in [0.15, 0.2) is 0 Å². The van der Waals surface area contributed by atoms with Gasteiger partial charge in [-0.05, 0) is 12.8 Å². The lowest BCUT2D eigenvalue weighted by atomic mass is 10.1. The molecule has 0 bridgehead atoms. The van der Waals surface area contributed by atoms with Crippen LogP contribution in [0.3, 0.4) is 0 Å². The molecule has 6 heteroatoms. The van der Waals surface area contributed by atoms with Gasteiger partial charge in [-0.1, -0.05) is 11.6 Å². The molecule has 104 valence electrons. The van der Waals surface area contributed by atoms with Crippen LogP contribution in [-0.4, -0.2) is 60.3 Å². The molecule has 3 rings (SSSR count). The van der Waals surface area contributed by atoms with Gasteiger partial charge in [0.2, 0.25) is 5.95 Å². The fourth-order valence-corrected chi connectivity index (χ4v) is 2.90. The molecule has 1 aromatic heterocycles. The molecule has 0 amide bonds. The van der Waals surface area contributed by atoms with Crippen molar-refractivity contribution >= 4 is 17.5 Å². The third-order valence-electron chi connectivity index (χ3n) is 3.91. The number of nitrogens with zero attached hydrogens (tertiary/aromatic N) is 4. The molecule has 0 saturated carbocycles. The lowest BCUT2D eigenvalue weighted by molar-refractivity contribution is 0.0320. The fraction of sp³-hybridized carbons (Fsp3) is 0.692. The van der Waals surface area contributed by atoms with Gasteiger partial charge in [-0.3, -0.25) is 4.90 Å². The molecule has 19 heavy (non-hydrogen) atoms. The van der Waals surface area contributed by atoms with E-state index in [2.05, 4.69) is 19.8 Å². The second kappa shape index (κ2) is 6.03. The van der Waals surface area contributed by atoms with Crippen LogP contribution in [0.25, 0.3) is 0 Å². The van der Waals surface area contributed by atoms with Crippen LogP contribution in [0.5, 0.6) is 0 Å². The third-order valence-corrected chi connectivity index (χ3v) is 4.11. The largest absolute Gasteiger partial charge is 0.381 e. The van der Waals surface area contributed by atoms with Gasteiger partial charge in [0.25, 0.3) is 0 Å². The summed E-state index contributed by atoms with van der Waals surface area (Å²) >= 11 is 5.81. The number of ether oxygens (including phenoxy) is 1. The number of piperazine rings is 1. The van der Waals surface area contributed by atoms with Gasteiger partial charge in [0, 0.05) is 45.4 Å². The summed E-state index contributed by atoms with van der Waals surface area (Å²) < 4.78 is 5.42. The van der Waals surface area contributed by atoms with Crippen molar-refractivity contribution in [1.29, 1.82) is 0 Å². The summed E-state index contributed by atoms with van der Waals surface area (Å²) in [5.41, 5.74) is 0. The third kappa shape index (κ3) is 3.16. The minimum atomic E-state index is 0.588. The number of hydrogen-bond donors (Lipinski definition) is 0. The molecule has 2 aliphatic heterocycles. The van der Waals surface area contributed by atoms with Gasteiger partial charge >= 0.3 is 0 Å². The predicted molar refractivity (Wildman–Crippen MR) is 74.7 cm³/mol. The van der Waals surface area contributed by atoms with Crippen LogP contribution < -0.4 is 4.90 Å². The van der Waals surface area contributed by atoms with Gasteiger partial charge in [0.05, 0.1) is 17.4 Å². The van der Waals surface area contributed by atoms with E-state index in [1.54, 1.807) is 12.4 Å². The van der Waals surface area contributed by atoms with Crippen LogP contribution in [0, 0.1) is 0 Å². The first-order valence-corrected chi connectivity index (χ1v) is 7.25. The van der Waals surface area contributed by atoms with Gasteiger partial charge in [-0.15, -0.1) is 0 Å². The van der Waals surface area contributed by atoms with Crippen molar-refractivity contribution in [3.05, 3.63) is 17.4 Å². The van der Waals surface area contributed by atoms with Crippen LogP contribution in [0.15, 0.2) is 12.4 Å². The summed E-state index contributed by atoms with van der Waals surface area (Å²) in [6, 6.07) is 0.696. The molecule has 0 atom stereocenters. The van der Waals surface area contributed by atoms with Crippen molar-refractivity contribution in [3.63, 3.8) is 0 Å². The van der Waals surface area contributed by atoms with Crippen LogP contribution in [0.4, 0.5) is 5.95 Å². The van der Waals surface area contributed by atoms with Crippen LogP contribution in [0.1, 0.15) is 12.8 Å². The highest BCUT2D eigenvalue weighted by atomic mass is 35.5. The van der Waals surface area contributed by atoms with Crippen LogP contribution in [0.2, 0.25) is 5.02 Å². The Kier molecular flexibility index (Phi) is 4.15. The van der Waals surface area contributed by atoms with Crippen LogP contribution in [-0.2, 0) is 4.74 Å². The van der Waals surface area contributed by atoms with E-state index in [0.717, 1.165) is 58.2 Å². The maximum atomic E-state index is 5.81. The molecular formula is C13H19ClN4O. The Morgan fingerprint density at radius 3 is 2.32 bits per heavy atom. The van der Waals surface area contributed by atoms with E-state index in [9.17, 15) is 0 Å². The highest BCUT2D eigenvalue weighted by Crippen LogP contribution is 2.18. The molecular weight excluding hydrogens is 264 g/mol. The fourth-order valence-electron chi connectivity index (χ4n) is 2.81. The molecule has 0 aliphatic carbocycles. The van der Waals surface area contributed by atoms with E-state index in [1.165, 1.54) is 0 Å². The number of aromatic nitrogens is 2. The first-order valence-electron chi connectivity index (χ1n) is 6.87. The molecule has 5 nitrogen and oxygen atoms in total. The Morgan fingerprint density at radius 2 is 1.68 bits per heavy atom. The van der Waals surface area contributed by atoms with Crippen LogP contribution >= 0.6 is 11.6 Å². The van der Waals surface area contributed by atoms with E-state index < -0.39 is 0 Å². The van der Waals surface area contributed by atoms with Crippen molar-refractivity contribution in [2.75, 3.05) is 44.3 Å². The van der Waals surface area contributed by atoms with Gasteiger partial charge in [-0.2, -0.15) is 0 Å². The molecule has 0 spiro atoms. The van der Waals surface area contributed by atoms with Gasteiger partial charge in [-0.25, -0.2) is 9.97 Å². The van der Waals surface area contributed by atoms with Crippen molar-refractivity contribution in [1.82, 2.24) is 14.9 Å². The summed E-state index contributed by atoms with van der Waals surface area (Å²) in [7, 11) is 0. The molecule has 1 aromatic rings.